The van der Waals surface area contributed by atoms with Gasteiger partial charge in [-0.05, 0) is 43.3 Å². The van der Waals surface area contributed by atoms with Gasteiger partial charge in [0.05, 0.1) is 6.04 Å². The van der Waals surface area contributed by atoms with E-state index in [4.69, 9.17) is 28.6 Å². The fraction of sp³-hybridized carbons (Fsp3) is 0.562. The van der Waals surface area contributed by atoms with Crippen molar-refractivity contribution >= 4 is 28.9 Å². The number of alkyl halides is 1. The van der Waals surface area contributed by atoms with E-state index in [-0.39, 0.29) is 11.8 Å². The highest BCUT2D eigenvalue weighted by atomic mass is 35.5. The lowest BCUT2D eigenvalue weighted by Gasteiger charge is -2.52. The average Bonchev–Trinajstić information content (AvgIpc) is 2.46. The first-order chi connectivity index (χ1) is 10.1. The minimum atomic E-state index is -0.350. The zero-order valence-corrected chi connectivity index (χ0v) is 14.1. The van der Waals surface area contributed by atoms with Crippen molar-refractivity contribution < 1.29 is 4.74 Å². The second-order valence-electron chi connectivity index (χ2n) is 5.99. The van der Waals surface area contributed by atoms with Gasteiger partial charge in [0.25, 0.3) is 0 Å². The van der Waals surface area contributed by atoms with Gasteiger partial charge in [0.2, 0.25) is 0 Å². The van der Waals surface area contributed by atoms with Crippen LogP contribution in [0.5, 0.6) is 5.75 Å². The van der Waals surface area contributed by atoms with E-state index in [1.54, 1.807) is 0 Å². The van der Waals surface area contributed by atoms with E-state index in [0.29, 0.717) is 5.88 Å². The van der Waals surface area contributed by atoms with E-state index < -0.39 is 0 Å². The molecule has 2 unspecified atom stereocenters. The molecule has 0 amide bonds. The Bertz CT molecular complexity index is 565. The first-order valence-electron chi connectivity index (χ1n) is 7.53. The van der Waals surface area contributed by atoms with Gasteiger partial charge in [0.15, 0.2) is 10.8 Å². The summed E-state index contributed by atoms with van der Waals surface area (Å²) in [6.07, 6.45) is 3.16. The number of halogens is 1. The van der Waals surface area contributed by atoms with Gasteiger partial charge in [-0.2, -0.15) is 0 Å². The van der Waals surface area contributed by atoms with Crippen LogP contribution in [0.3, 0.4) is 0 Å². The number of nitrogens with zero attached hydrogens (tertiary/aromatic N) is 1. The molecule has 3 rings (SSSR count). The minimum absolute atomic E-state index is 0.215. The lowest BCUT2D eigenvalue weighted by molar-refractivity contribution is -0.0685. The molecular formula is C16H21ClN2OS. The number of fused-ring (bicyclic) bond motifs is 4. The molecule has 2 aliphatic rings. The number of benzene rings is 1. The number of rotatable bonds is 4. The third-order valence-corrected chi connectivity index (χ3v) is 5.01. The normalized spacial score (nSPS) is 26.9. The van der Waals surface area contributed by atoms with Gasteiger partial charge >= 0.3 is 0 Å². The average molecular weight is 325 g/mol. The van der Waals surface area contributed by atoms with Crippen molar-refractivity contribution in [3.8, 4) is 5.75 Å². The smallest absolute Gasteiger partial charge is 0.184 e. The first-order valence-corrected chi connectivity index (χ1v) is 8.47. The predicted molar refractivity (Wildman–Crippen MR) is 89.7 cm³/mol. The minimum Gasteiger partial charge on any atom is -0.468 e. The molecule has 0 spiro atoms. The van der Waals surface area contributed by atoms with Crippen LogP contribution in [0.4, 0.5) is 0 Å². The number of unbranched alkanes of at least 4 members (excludes halogenated alkanes) is 1. The van der Waals surface area contributed by atoms with Crippen LogP contribution in [0.15, 0.2) is 18.2 Å². The molecule has 1 aromatic carbocycles. The van der Waals surface area contributed by atoms with Gasteiger partial charge < -0.3 is 15.0 Å². The summed E-state index contributed by atoms with van der Waals surface area (Å²) in [5.74, 6) is 1.46. The van der Waals surface area contributed by atoms with Gasteiger partial charge in [0, 0.05) is 24.4 Å². The summed E-state index contributed by atoms with van der Waals surface area (Å²) in [5, 5.41) is 4.27. The number of hydrogen-bond donors (Lipinski definition) is 1. The summed E-state index contributed by atoms with van der Waals surface area (Å²) >= 11 is 11.5. The molecule has 2 atom stereocenters. The molecule has 0 aliphatic carbocycles. The molecule has 5 heteroatoms. The van der Waals surface area contributed by atoms with E-state index >= 15 is 0 Å². The van der Waals surface area contributed by atoms with Crippen LogP contribution in [0.2, 0.25) is 0 Å². The van der Waals surface area contributed by atoms with Crippen LogP contribution in [0.25, 0.3) is 0 Å². The Labute approximate surface area is 136 Å². The highest BCUT2D eigenvalue weighted by molar-refractivity contribution is 7.80. The fourth-order valence-corrected chi connectivity index (χ4v) is 3.80. The molecule has 1 fully saturated rings. The van der Waals surface area contributed by atoms with Crippen molar-refractivity contribution in [3.05, 3.63) is 29.3 Å². The fourth-order valence-electron chi connectivity index (χ4n) is 3.20. The standard InChI is InChI=1S/C16H21ClN2OS/c1-3-4-7-19-15(21)18-13-9-16(19,2)20-14-6-5-11(10-17)8-12(13)14/h5-6,8,13H,3-4,7,9-10H2,1-2H3,(H,18,21). The molecule has 2 heterocycles. The third kappa shape index (κ3) is 2.59. The quantitative estimate of drug-likeness (QED) is 0.669. The van der Waals surface area contributed by atoms with Crippen LogP contribution >= 0.6 is 23.8 Å². The van der Waals surface area contributed by atoms with Crippen molar-refractivity contribution in [2.24, 2.45) is 0 Å². The second kappa shape index (κ2) is 5.65. The van der Waals surface area contributed by atoms with Crippen molar-refractivity contribution in [2.75, 3.05) is 6.54 Å². The van der Waals surface area contributed by atoms with Crippen LogP contribution in [0, 0.1) is 0 Å². The summed E-state index contributed by atoms with van der Waals surface area (Å²) in [7, 11) is 0. The zero-order valence-electron chi connectivity index (χ0n) is 12.5. The Morgan fingerprint density at radius 2 is 2.33 bits per heavy atom. The molecule has 0 aromatic heterocycles. The predicted octanol–water partition coefficient (Wildman–Crippen LogP) is 3.96. The van der Waals surface area contributed by atoms with Crippen molar-refractivity contribution in [2.45, 2.75) is 50.8 Å². The summed E-state index contributed by atoms with van der Waals surface area (Å²) in [6, 6.07) is 6.41. The van der Waals surface area contributed by atoms with Crippen LogP contribution < -0.4 is 10.1 Å². The Morgan fingerprint density at radius 1 is 1.52 bits per heavy atom. The van der Waals surface area contributed by atoms with E-state index in [0.717, 1.165) is 42.2 Å². The molecule has 21 heavy (non-hydrogen) atoms. The van der Waals surface area contributed by atoms with Gasteiger partial charge in [-0.25, -0.2) is 0 Å². The second-order valence-corrected chi connectivity index (χ2v) is 6.65. The van der Waals surface area contributed by atoms with Gasteiger partial charge in [-0.1, -0.05) is 19.4 Å². The maximum Gasteiger partial charge on any atom is 0.184 e. The highest BCUT2D eigenvalue weighted by Crippen LogP contribution is 2.44. The lowest BCUT2D eigenvalue weighted by atomic mass is 9.89. The van der Waals surface area contributed by atoms with Crippen LogP contribution in [-0.4, -0.2) is 22.3 Å². The molecule has 2 aliphatic heterocycles. The molecule has 114 valence electrons. The molecule has 0 radical (unpaired) electrons. The van der Waals surface area contributed by atoms with Crippen LogP contribution in [0.1, 0.15) is 50.3 Å². The Hall–Kier alpha value is -1.00. The molecule has 1 N–H and O–H groups in total. The Morgan fingerprint density at radius 3 is 3.05 bits per heavy atom. The largest absolute Gasteiger partial charge is 0.468 e. The summed E-state index contributed by atoms with van der Waals surface area (Å²) < 4.78 is 6.33. The summed E-state index contributed by atoms with van der Waals surface area (Å²) in [5.41, 5.74) is 1.93. The molecule has 2 bridgehead atoms. The van der Waals surface area contributed by atoms with Crippen LogP contribution in [-0.2, 0) is 5.88 Å². The SMILES string of the molecule is CCCCN1C(=S)NC2CC1(C)Oc1ccc(CCl)cc12. The molecule has 3 nitrogen and oxygen atoms in total. The van der Waals surface area contributed by atoms with Gasteiger partial charge in [-0.3, -0.25) is 0 Å². The molecule has 1 saturated heterocycles. The monoisotopic (exact) mass is 324 g/mol. The number of ether oxygens (including phenoxy) is 1. The van der Waals surface area contributed by atoms with E-state index in [1.165, 1.54) is 5.56 Å². The summed E-state index contributed by atoms with van der Waals surface area (Å²) in [4.78, 5) is 2.20. The van der Waals surface area contributed by atoms with Crippen molar-refractivity contribution in [3.63, 3.8) is 0 Å². The van der Waals surface area contributed by atoms with Gasteiger partial charge in [-0.15, -0.1) is 11.6 Å². The topological polar surface area (TPSA) is 24.5 Å². The number of nitrogens with one attached hydrogen (secondary N) is 1. The Balaban J connectivity index is 1.94. The van der Waals surface area contributed by atoms with E-state index in [2.05, 4.69) is 30.1 Å². The zero-order chi connectivity index (χ0) is 15.0. The maximum atomic E-state index is 6.33. The maximum absolute atomic E-state index is 6.33. The summed E-state index contributed by atoms with van der Waals surface area (Å²) in [6.45, 7) is 5.26. The number of hydrogen-bond acceptors (Lipinski definition) is 2. The molecule has 1 aromatic rings. The van der Waals surface area contributed by atoms with Gasteiger partial charge in [0.1, 0.15) is 5.75 Å². The molecule has 0 saturated carbocycles. The number of thiocarbonyl (C=S) groups is 1. The van der Waals surface area contributed by atoms with Crippen molar-refractivity contribution in [1.29, 1.82) is 0 Å². The van der Waals surface area contributed by atoms with Crippen molar-refractivity contribution in [1.82, 2.24) is 10.2 Å². The third-order valence-electron chi connectivity index (χ3n) is 4.37. The molecular weight excluding hydrogens is 304 g/mol. The highest BCUT2D eigenvalue weighted by Gasteiger charge is 2.47. The van der Waals surface area contributed by atoms with E-state index in [1.807, 2.05) is 12.1 Å². The van der Waals surface area contributed by atoms with E-state index in [9.17, 15) is 0 Å². The first kappa shape index (κ1) is 14.9. The lowest BCUT2D eigenvalue weighted by Crippen LogP contribution is -2.64. The Kier molecular flexibility index (Phi) is 4.02.